The zero-order chi connectivity index (χ0) is 30.9. The SMILES string of the molecule is CNC(=O)c1c(-c2ccc(F)cc2)oc2cc(CS(=O)(=O)Nc3ccc([B-]45OCC(C)(CO4)CO5)c(Cl)c3)c(C3CC3)cc12.[K+]. The molecule has 0 atom stereocenters. The second-order valence-electron chi connectivity index (χ2n) is 12.2. The molecule has 4 aromatic rings. The predicted octanol–water partition coefficient (Wildman–Crippen LogP) is 2.30. The Kier molecular flexibility index (Phi) is 9.09. The largest absolute Gasteiger partial charge is 1.00 e. The van der Waals surface area contributed by atoms with Gasteiger partial charge in [-0.15, -0.1) is 5.46 Å². The van der Waals surface area contributed by atoms with Gasteiger partial charge in [0.1, 0.15) is 17.2 Å². The minimum Gasteiger partial charge on any atom is -0.540 e. The molecule has 0 spiro atoms. The molecule has 0 radical (unpaired) electrons. The average Bonchev–Trinajstić information content (AvgIpc) is 3.77. The molecule has 4 fully saturated rings. The number of benzene rings is 3. The van der Waals surface area contributed by atoms with Crippen LogP contribution in [0.3, 0.4) is 0 Å². The molecular weight excluding hydrogens is 649 g/mol. The third-order valence-electron chi connectivity index (χ3n) is 8.48. The molecule has 45 heavy (non-hydrogen) atoms. The summed E-state index contributed by atoms with van der Waals surface area (Å²) in [6.45, 7) is 1.28. The molecule has 2 N–H and O–H groups in total. The molecule has 0 unspecified atom stereocenters. The molecule has 2 bridgehead atoms. The summed E-state index contributed by atoms with van der Waals surface area (Å²) >= 11 is 6.60. The second-order valence-corrected chi connectivity index (χ2v) is 14.3. The van der Waals surface area contributed by atoms with Crippen molar-refractivity contribution < 1.29 is 87.4 Å². The van der Waals surface area contributed by atoms with E-state index < -0.39 is 22.6 Å². The number of nitrogens with one attached hydrogen (secondary N) is 2. The van der Waals surface area contributed by atoms with Crippen molar-refractivity contribution in [3.8, 4) is 11.3 Å². The van der Waals surface area contributed by atoms with E-state index in [9.17, 15) is 17.6 Å². The van der Waals surface area contributed by atoms with E-state index in [4.69, 9.17) is 30.0 Å². The first-order valence-corrected chi connectivity index (χ1v) is 16.4. The van der Waals surface area contributed by atoms with Crippen LogP contribution >= 0.6 is 11.6 Å². The van der Waals surface area contributed by atoms with Crippen molar-refractivity contribution in [1.82, 2.24) is 5.32 Å². The van der Waals surface area contributed by atoms with Gasteiger partial charge in [0.25, 0.3) is 5.91 Å². The van der Waals surface area contributed by atoms with E-state index in [2.05, 4.69) is 10.0 Å². The fourth-order valence-electron chi connectivity index (χ4n) is 6.03. The van der Waals surface area contributed by atoms with Gasteiger partial charge in [-0.25, -0.2) is 12.8 Å². The topological polar surface area (TPSA) is 116 Å². The van der Waals surface area contributed by atoms with E-state index in [1.54, 1.807) is 18.2 Å². The molecule has 9 nitrogen and oxygen atoms in total. The Morgan fingerprint density at radius 2 is 1.71 bits per heavy atom. The van der Waals surface area contributed by atoms with Gasteiger partial charge in [-0.05, 0) is 78.4 Å². The van der Waals surface area contributed by atoms with E-state index in [1.807, 2.05) is 13.0 Å². The molecule has 8 rings (SSSR count). The quantitative estimate of drug-likeness (QED) is 0.275. The van der Waals surface area contributed by atoms with E-state index in [0.717, 1.165) is 18.4 Å². The molecule has 1 aliphatic carbocycles. The van der Waals surface area contributed by atoms with Gasteiger partial charge in [0, 0.05) is 53.9 Å². The first-order chi connectivity index (χ1) is 21.0. The first-order valence-electron chi connectivity index (χ1n) is 14.4. The normalized spacial score (nSPS) is 22.7. The summed E-state index contributed by atoms with van der Waals surface area (Å²) in [6.07, 6.45) is 1.83. The number of carbonyl (C=O) groups is 1. The van der Waals surface area contributed by atoms with Crippen molar-refractivity contribution in [1.29, 1.82) is 0 Å². The van der Waals surface area contributed by atoms with Crippen molar-refractivity contribution in [2.75, 3.05) is 31.6 Å². The minimum atomic E-state index is -3.90. The fraction of sp³-hybridized carbons (Fsp3) is 0.323. The van der Waals surface area contributed by atoms with E-state index in [1.165, 1.54) is 37.4 Å². The predicted molar refractivity (Wildman–Crippen MR) is 166 cm³/mol. The number of hydrogen-bond donors (Lipinski definition) is 2. The van der Waals surface area contributed by atoms with Crippen LogP contribution in [0.4, 0.5) is 10.1 Å². The summed E-state index contributed by atoms with van der Waals surface area (Å²) in [5.41, 5.74) is 3.25. The Hall–Kier alpha value is -1.78. The number of amides is 1. The number of anilines is 1. The minimum absolute atomic E-state index is 0. The molecule has 3 aromatic carbocycles. The van der Waals surface area contributed by atoms with Crippen LogP contribution in [-0.2, 0) is 29.7 Å². The molecule has 3 aliphatic heterocycles. The van der Waals surface area contributed by atoms with Crippen LogP contribution in [0.15, 0.2) is 59.0 Å². The van der Waals surface area contributed by atoms with Crippen LogP contribution in [0.1, 0.15) is 47.2 Å². The van der Waals surface area contributed by atoms with Gasteiger partial charge >= 0.3 is 58.1 Å². The number of halogens is 2. The third kappa shape index (κ3) is 6.41. The Balaban J connectivity index is 0.00000357. The molecule has 4 aliphatic rings. The smallest absolute Gasteiger partial charge is 0.540 e. The average molecular weight is 679 g/mol. The summed E-state index contributed by atoms with van der Waals surface area (Å²) in [5.74, 6) is -0.631. The Morgan fingerprint density at radius 3 is 2.31 bits per heavy atom. The maximum absolute atomic E-state index is 13.6. The standard InChI is InChI=1S/C31H30BClFN2O7S.K/c1-31-15-40-32(41-16-31,42-17-31)25-10-9-22(12-26(25)33)36-44(38,39)14-20-11-27-24(13-23(20)18-3-4-18)28(30(37)35-2)29(43-27)19-5-7-21(34)8-6-19;/h5-13,18,36H,3-4,14-17H2,1-2H3,(H,35,37);/q-1;+1. The van der Waals surface area contributed by atoms with E-state index in [-0.39, 0.29) is 90.8 Å². The molecule has 1 saturated carbocycles. The zero-order valence-electron chi connectivity index (χ0n) is 25.1. The summed E-state index contributed by atoms with van der Waals surface area (Å²) in [5, 5.41) is 3.49. The van der Waals surface area contributed by atoms with Crippen molar-refractivity contribution in [2.45, 2.75) is 31.4 Å². The Labute approximate surface area is 308 Å². The number of fused-ring (bicyclic) bond motifs is 4. The molecule has 230 valence electrons. The van der Waals surface area contributed by atoms with E-state index >= 15 is 0 Å². The monoisotopic (exact) mass is 678 g/mol. The van der Waals surface area contributed by atoms with Gasteiger partial charge in [0.05, 0.1) is 11.3 Å². The summed E-state index contributed by atoms with van der Waals surface area (Å²) in [4.78, 5) is 13.0. The molecule has 14 heteroatoms. The van der Waals surface area contributed by atoms with Crippen LogP contribution in [0, 0.1) is 11.2 Å². The van der Waals surface area contributed by atoms with Crippen molar-refractivity contribution in [2.24, 2.45) is 5.41 Å². The number of carbonyl (C=O) groups excluding carboxylic acids is 1. The molecule has 3 saturated heterocycles. The number of furan rings is 1. The first kappa shape index (κ1) is 33.1. The molecule has 1 aromatic heterocycles. The van der Waals surface area contributed by atoms with Crippen LogP contribution in [0.2, 0.25) is 5.02 Å². The number of rotatable bonds is 8. The third-order valence-corrected chi connectivity index (χ3v) is 10.0. The molecular formula is C31H30BClFKN2O7S. The molecule has 4 heterocycles. The van der Waals surface area contributed by atoms with Crippen molar-refractivity contribution >= 4 is 56.4 Å². The maximum Gasteiger partial charge on any atom is 1.00 e. The summed E-state index contributed by atoms with van der Waals surface area (Å²) in [7, 11) is -2.38. The van der Waals surface area contributed by atoms with E-state index in [0.29, 0.717) is 52.9 Å². The van der Waals surface area contributed by atoms with Crippen LogP contribution in [0.5, 0.6) is 0 Å². The van der Waals surface area contributed by atoms with Gasteiger partial charge in [0.15, 0.2) is 0 Å². The zero-order valence-corrected chi connectivity index (χ0v) is 29.8. The Bertz CT molecular complexity index is 1890. The Morgan fingerprint density at radius 1 is 1.04 bits per heavy atom. The van der Waals surface area contributed by atoms with Crippen LogP contribution in [-0.4, -0.2) is 47.9 Å². The van der Waals surface area contributed by atoms with Gasteiger partial charge in [-0.2, -0.15) is 0 Å². The van der Waals surface area contributed by atoms with Crippen LogP contribution < -0.4 is 66.9 Å². The van der Waals surface area contributed by atoms with Gasteiger partial charge in [-0.1, -0.05) is 24.6 Å². The van der Waals surface area contributed by atoms with Crippen LogP contribution in [0.25, 0.3) is 22.3 Å². The molecule has 1 amide bonds. The summed E-state index contributed by atoms with van der Waals surface area (Å²) in [6, 6.07) is 14.0. The van der Waals surface area contributed by atoms with Crippen molar-refractivity contribution in [3.63, 3.8) is 0 Å². The fourth-order valence-corrected chi connectivity index (χ4v) is 7.56. The van der Waals surface area contributed by atoms with Gasteiger partial charge < -0.3 is 23.7 Å². The number of sulfonamides is 1. The summed E-state index contributed by atoms with van der Waals surface area (Å²) < 4.78 is 67.2. The second kappa shape index (κ2) is 12.3. The van der Waals surface area contributed by atoms with Gasteiger partial charge in [-0.3, -0.25) is 9.52 Å². The van der Waals surface area contributed by atoms with Gasteiger partial charge in [0.2, 0.25) is 10.0 Å². The maximum atomic E-state index is 13.6. The number of hydrogen-bond acceptors (Lipinski definition) is 7. The van der Waals surface area contributed by atoms with Crippen molar-refractivity contribution in [3.05, 3.63) is 82.1 Å².